The Hall–Kier alpha value is 0.310. The summed E-state index contributed by atoms with van der Waals surface area (Å²) in [6.07, 6.45) is 1.23. The number of hydrogen-bond donors (Lipinski definition) is 1. The van der Waals surface area contributed by atoms with Crippen LogP contribution in [0, 0.1) is 11.8 Å². The lowest BCUT2D eigenvalue weighted by molar-refractivity contribution is 0.199. The molecule has 0 aromatic rings. The van der Waals surface area contributed by atoms with Gasteiger partial charge < -0.3 is 4.90 Å². The molecule has 0 aliphatic rings. The van der Waals surface area contributed by atoms with Crippen molar-refractivity contribution in [3.63, 3.8) is 0 Å². The molecule has 1 nitrogen and oxygen atoms in total. The molecule has 0 aromatic carbocycles. The van der Waals surface area contributed by atoms with Gasteiger partial charge in [-0.25, -0.2) is 0 Å². The highest BCUT2D eigenvalue weighted by atomic mass is 32.1. The SMILES string of the molecule is CCC(C)N(C)CC(CS)C(C)C. The van der Waals surface area contributed by atoms with Gasteiger partial charge in [0.15, 0.2) is 0 Å². The van der Waals surface area contributed by atoms with Gasteiger partial charge in [0.25, 0.3) is 0 Å². The molecule has 0 saturated heterocycles. The van der Waals surface area contributed by atoms with E-state index < -0.39 is 0 Å². The van der Waals surface area contributed by atoms with E-state index in [0.29, 0.717) is 6.04 Å². The molecule has 2 unspecified atom stereocenters. The molecule has 80 valence electrons. The van der Waals surface area contributed by atoms with Crippen LogP contribution in [-0.2, 0) is 0 Å². The van der Waals surface area contributed by atoms with E-state index >= 15 is 0 Å². The van der Waals surface area contributed by atoms with E-state index in [1.165, 1.54) is 13.0 Å². The average molecular weight is 203 g/mol. The molecule has 2 atom stereocenters. The predicted molar refractivity (Wildman–Crippen MR) is 64.6 cm³/mol. The molecule has 0 radical (unpaired) electrons. The zero-order valence-corrected chi connectivity index (χ0v) is 10.6. The first-order chi connectivity index (χ1) is 6.02. The molecule has 0 spiro atoms. The number of thiol groups is 1. The van der Waals surface area contributed by atoms with Crippen LogP contribution in [0.15, 0.2) is 0 Å². The second kappa shape index (κ2) is 6.72. The Morgan fingerprint density at radius 1 is 1.23 bits per heavy atom. The Bertz CT molecular complexity index is 125. The van der Waals surface area contributed by atoms with Gasteiger partial charge in [0, 0.05) is 12.6 Å². The first-order valence-corrected chi connectivity index (χ1v) is 5.97. The van der Waals surface area contributed by atoms with Gasteiger partial charge >= 0.3 is 0 Å². The number of nitrogens with zero attached hydrogens (tertiary/aromatic N) is 1. The average Bonchev–Trinajstić information content (AvgIpc) is 2.11. The maximum Gasteiger partial charge on any atom is 0.00613 e. The molecule has 0 saturated carbocycles. The molecule has 2 heteroatoms. The van der Waals surface area contributed by atoms with Gasteiger partial charge in [-0.2, -0.15) is 12.6 Å². The van der Waals surface area contributed by atoms with Gasteiger partial charge in [-0.05, 0) is 38.0 Å². The van der Waals surface area contributed by atoms with Crippen molar-refractivity contribution in [1.29, 1.82) is 0 Å². The Labute approximate surface area is 89.3 Å². The normalized spacial score (nSPS) is 16.6. The minimum Gasteiger partial charge on any atom is -0.303 e. The number of rotatable bonds is 6. The summed E-state index contributed by atoms with van der Waals surface area (Å²) >= 11 is 4.40. The largest absolute Gasteiger partial charge is 0.303 e. The molecular weight excluding hydrogens is 178 g/mol. The van der Waals surface area contributed by atoms with Gasteiger partial charge in [0.1, 0.15) is 0 Å². The summed E-state index contributed by atoms with van der Waals surface area (Å²) < 4.78 is 0. The zero-order valence-electron chi connectivity index (χ0n) is 9.75. The van der Waals surface area contributed by atoms with Crippen molar-refractivity contribution in [3.8, 4) is 0 Å². The molecule has 0 fully saturated rings. The molecule has 0 aromatic heterocycles. The lowest BCUT2D eigenvalue weighted by Crippen LogP contribution is -2.35. The van der Waals surface area contributed by atoms with Crippen molar-refractivity contribution in [1.82, 2.24) is 4.90 Å². The third-order valence-electron chi connectivity index (χ3n) is 3.04. The fraction of sp³-hybridized carbons (Fsp3) is 1.00. The van der Waals surface area contributed by atoms with Crippen LogP contribution in [-0.4, -0.2) is 30.3 Å². The summed E-state index contributed by atoms with van der Waals surface area (Å²) in [4.78, 5) is 2.45. The van der Waals surface area contributed by atoms with E-state index in [0.717, 1.165) is 17.6 Å². The van der Waals surface area contributed by atoms with Crippen LogP contribution in [0.3, 0.4) is 0 Å². The van der Waals surface area contributed by atoms with Gasteiger partial charge in [0.05, 0.1) is 0 Å². The van der Waals surface area contributed by atoms with Crippen LogP contribution in [0.5, 0.6) is 0 Å². The molecule has 0 heterocycles. The zero-order chi connectivity index (χ0) is 10.4. The van der Waals surface area contributed by atoms with Crippen molar-refractivity contribution in [2.75, 3.05) is 19.3 Å². The second-order valence-corrected chi connectivity index (χ2v) is 4.75. The highest BCUT2D eigenvalue weighted by molar-refractivity contribution is 7.80. The number of hydrogen-bond acceptors (Lipinski definition) is 2. The summed E-state index contributed by atoms with van der Waals surface area (Å²) in [6.45, 7) is 10.3. The van der Waals surface area contributed by atoms with Gasteiger partial charge in [-0.1, -0.05) is 20.8 Å². The van der Waals surface area contributed by atoms with Gasteiger partial charge in [-0.15, -0.1) is 0 Å². The lowest BCUT2D eigenvalue weighted by atomic mass is 9.97. The molecule has 0 rings (SSSR count). The second-order valence-electron chi connectivity index (χ2n) is 4.38. The molecule has 0 aliphatic carbocycles. The highest BCUT2D eigenvalue weighted by Gasteiger charge is 2.16. The maximum absolute atomic E-state index is 4.40. The monoisotopic (exact) mass is 203 g/mol. The van der Waals surface area contributed by atoms with E-state index in [-0.39, 0.29) is 0 Å². The van der Waals surface area contributed by atoms with Crippen molar-refractivity contribution in [2.24, 2.45) is 11.8 Å². The lowest BCUT2D eigenvalue weighted by Gasteiger charge is -2.29. The minimum atomic E-state index is 0.695. The van der Waals surface area contributed by atoms with Crippen LogP contribution in [0.1, 0.15) is 34.1 Å². The van der Waals surface area contributed by atoms with Crippen LogP contribution >= 0.6 is 12.6 Å². The van der Waals surface area contributed by atoms with Crippen LogP contribution < -0.4 is 0 Å². The topological polar surface area (TPSA) is 3.24 Å². The van der Waals surface area contributed by atoms with Gasteiger partial charge in [-0.3, -0.25) is 0 Å². The Kier molecular flexibility index (Phi) is 6.88. The standard InChI is InChI=1S/C11H25NS/c1-6-10(4)12(5)7-11(8-13)9(2)3/h9-11,13H,6-8H2,1-5H3. The molecule has 0 N–H and O–H groups in total. The van der Waals surface area contributed by atoms with E-state index in [1.54, 1.807) is 0 Å². The quantitative estimate of drug-likeness (QED) is 0.650. The van der Waals surface area contributed by atoms with Crippen LogP contribution in [0.2, 0.25) is 0 Å². The molecule has 0 aliphatic heterocycles. The molecule has 13 heavy (non-hydrogen) atoms. The highest BCUT2D eigenvalue weighted by Crippen LogP contribution is 2.15. The summed E-state index contributed by atoms with van der Waals surface area (Å²) in [5, 5.41) is 0. The van der Waals surface area contributed by atoms with Gasteiger partial charge in [0.2, 0.25) is 0 Å². The summed E-state index contributed by atoms with van der Waals surface area (Å²) in [6, 6.07) is 0.695. The van der Waals surface area contributed by atoms with Crippen molar-refractivity contribution < 1.29 is 0 Å². The third kappa shape index (κ3) is 4.92. The van der Waals surface area contributed by atoms with E-state index in [9.17, 15) is 0 Å². The maximum atomic E-state index is 4.40. The fourth-order valence-corrected chi connectivity index (χ4v) is 1.88. The van der Waals surface area contributed by atoms with E-state index in [1.807, 2.05) is 0 Å². The van der Waals surface area contributed by atoms with Crippen molar-refractivity contribution in [2.45, 2.75) is 40.2 Å². The molecule has 0 amide bonds. The molecule has 0 bridgehead atoms. The Balaban J connectivity index is 3.93. The smallest absolute Gasteiger partial charge is 0.00613 e. The molecular formula is C11H25NS. The van der Waals surface area contributed by atoms with Crippen LogP contribution in [0.4, 0.5) is 0 Å². The first-order valence-electron chi connectivity index (χ1n) is 5.34. The Morgan fingerprint density at radius 3 is 2.08 bits per heavy atom. The van der Waals surface area contributed by atoms with Crippen molar-refractivity contribution >= 4 is 12.6 Å². The van der Waals surface area contributed by atoms with E-state index in [4.69, 9.17) is 0 Å². The van der Waals surface area contributed by atoms with Crippen LogP contribution in [0.25, 0.3) is 0 Å². The van der Waals surface area contributed by atoms with Crippen molar-refractivity contribution in [3.05, 3.63) is 0 Å². The fourth-order valence-electron chi connectivity index (χ4n) is 1.34. The summed E-state index contributed by atoms with van der Waals surface area (Å²) in [7, 11) is 2.22. The van der Waals surface area contributed by atoms with E-state index in [2.05, 4.69) is 52.3 Å². The summed E-state index contributed by atoms with van der Waals surface area (Å²) in [5.41, 5.74) is 0. The summed E-state index contributed by atoms with van der Waals surface area (Å²) in [5.74, 6) is 2.46. The third-order valence-corrected chi connectivity index (χ3v) is 3.51. The predicted octanol–water partition coefficient (Wildman–Crippen LogP) is 2.92. The Morgan fingerprint density at radius 2 is 1.77 bits per heavy atom. The minimum absolute atomic E-state index is 0.695. The first kappa shape index (κ1) is 13.3.